The maximum absolute atomic E-state index is 13.8. The molecule has 6 nitrogen and oxygen atoms in total. The summed E-state index contributed by atoms with van der Waals surface area (Å²) in [5.74, 6) is -1.71. The van der Waals surface area contributed by atoms with Crippen molar-refractivity contribution < 1.29 is 24.1 Å². The first-order chi connectivity index (χ1) is 13.6. The molecule has 4 rings (SSSR count). The summed E-state index contributed by atoms with van der Waals surface area (Å²) in [6, 6.07) is 6.23. The van der Waals surface area contributed by atoms with E-state index in [1.807, 2.05) is 0 Å². The van der Waals surface area contributed by atoms with Gasteiger partial charge in [0.1, 0.15) is 39.8 Å². The largest absolute Gasteiger partial charge is 0.507 e. The van der Waals surface area contributed by atoms with Crippen molar-refractivity contribution >= 4 is 39.3 Å². The van der Waals surface area contributed by atoms with Crippen molar-refractivity contribution in [2.75, 3.05) is 13.6 Å². The van der Waals surface area contributed by atoms with Crippen molar-refractivity contribution in [1.29, 1.82) is 0 Å². The van der Waals surface area contributed by atoms with Gasteiger partial charge < -0.3 is 19.7 Å². The highest BCUT2D eigenvalue weighted by Gasteiger charge is 2.45. The molecule has 0 spiro atoms. The number of aromatic hydroxyl groups is 2. The molecule has 3 N–H and O–H groups in total. The van der Waals surface area contributed by atoms with Crippen molar-refractivity contribution in [3.8, 4) is 22.8 Å². The Bertz CT molecular complexity index is 1200. The molecule has 1 aliphatic heterocycles. The van der Waals surface area contributed by atoms with Crippen LogP contribution in [0.15, 0.2) is 44.0 Å². The van der Waals surface area contributed by atoms with E-state index in [1.54, 1.807) is 18.9 Å². The van der Waals surface area contributed by atoms with E-state index in [4.69, 9.17) is 4.42 Å². The van der Waals surface area contributed by atoms with Crippen LogP contribution in [0.3, 0.4) is 0 Å². The smallest absolute Gasteiger partial charge is 0.197 e. The minimum atomic E-state index is -1.30. The second-order valence-corrected chi connectivity index (χ2v) is 8.34. The molecule has 1 aromatic heterocycles. The first kappa shape index (κ1) is 22.6. The highest BCUT2D eigenvalue weighted by atomic mass is 79.9. The summed E-state index contributed by atoms with van der Waals surface area (Å²) in [5.41, 5.74) is -1.31. The van der Waals surface area contributed by atoms with Crippen molar-refractivity contribution in [3.63, 3.8) is 0 Å². The van der Waals surface area contributed by atoms with Crippen molar-refractivity contribution in [2.45, 2.75) is 25.0 Å². The number of likely N-dealkylation sites (N-methyl/N-ethyl adjacent to an activating group) is 1. The number of aliphatic hydroxyl groups is 1. The van der Waals surface area contributed by atoms with Gasteiger partial charge in [0, 0.05) is 40.2 Å². The number of phenols is 2. The summed E-state index contributed by atoms with van der Waals surface area (Å²) in [4.78, 5) is 14.5. The fraction of sp³-hybridized carbons (Fsp3) is 0.286. The first-order valence-electron chi connectivity index (χ1n) is 9.03. The molecule has 2 atom stereocenters. The van der Waals surface area contributed by atoms with E-state index in [9.17, 15) is 24.5 Å². The lowest BCUT2D eigenvalue weighted by Gasteiger charge is -2.32. The predicted octanol–water partition coefficient (Wildman–Crippen LogP) is 4.32. The Morgan fingerprint density at radius 2 is 1.93 bits per heavy atom. The Labute approximate surface area is 186 Å². The fourth-order valence-electron chi connectivity index (χ4n) is 3.98. The van der Waals surface area contributed by atoms with Gasteiger partial charge in [0.2, 0.25) is 0 Å². The molecule has 0 aliphatic carbocycles. The Morgan fingerprint density at radius 1 is 1.23 bits per heavy atom. The van der Waals surface area contributed by atoms with Crippen LogP contribution >= 0.6 is 28.3 Å². The summed E-state index contributed by atoms with van der Waals surface area (Å²) in [6.07, 6.45) is 0.508. The topological polar surface area (TPSA) is 94.1 Å². The molecule has 0 saturated carbocycles. The highest BCUT2D eigenvalue weighted by molar-refractivity contribution is 9.10. The molecule has 0 amide bonds. The quantitative estimate of drug-likeness (QED) is 0.485. The molecule has 2 unspecified atom stereocenters. The van der Waals surface area contributed by atoms with Crippen LogP contribution in [0.4, 0.5) is 4.39 Å². The number of fused-ring (bicyclic) bond motifs is 1. The van der Waals surface area contributed by atoms with Gasteiger partial charge in [0.05, 0.1) is 0 Å². The lowest BCUT2D eigenvalue weighted by Crippen LogP contribution is -2.41. The molecular formula is C21H20BrClFNO5. The third-order valence-electron chi connectivity index (χ3n) is 5.73. The lowest BCUT2D eigenvalue weighted by molar-refractivity contribution is -0.0627. The molecule has 30 heavy (non-hydrogen) atoms. The zero-order valence-electron chi connectivity index (χ0n) is 16.1. The number of benzene rings is 2. The summed E-state index contributed by atoms with van der Waals surface area (Å²) in [5, 5.41) is 31.7. The van der Waals surface area contributed by atoms with E-state index >= 15 is 0 Å². The van der Waals surface area contributed by atoms with Crippen LogP contribution < -0.4 is 5.43 Å². The van der Waals surface area contributed by atoms with Gasteiger partial charge in [-0.2, -0.15) is 0 Å². The predicted molar refractivity (Wildman–Crippen MR) is 117 cm³/mol. The molecule has 1 fully saturated rings. The van der Waals surface area contributed by atoms with E-state index in [0.717, 1.165) is 6.07 Å². The van der Waals surface area contributed by atoms with Crippen LogP contribution in [-0.2, 0) is 0 Å². The molecular weight excluding hydrogens is 481 g/mol. The molecule has 160 valence electrons. The molecule has 0 radical (unpaired) electrons. The molecule has 1 saturated heterocycles. The van der Waals surface area contributed by atoms with Crippen LogP contribution in [0.5, 0.6) is 11.5 Å². The SMILES string of the molecule is CN1CCC(c2c(O)cc(O)c3c(=O)cc(-c4cc(F)ccc4Br)oc23)C1(C)O.Cl. The van der Waals surface area contributed by atoms with Crippen LogP contribution in [0.2, 0.25) is 0 Å². The van der Waals surface area contributed by atoms with Crippen LogP contribution in [-0.4, -0.2) is 39.5 Å². The van der Waals surface area contributed by atoms with Crippen molar-refractivity contribution in [3.05, 3.63) is 56.4 Å². The second-order valence-electron chi connectivity index (χ2n) is 7.49. The number of nitrogens with zero attached hydrogens (tertiary/aromatic N) is 1. The summed E-state index contributed by atoms with van der Waals surface area (Å²) in [6.45, 7) is 2.19. The van der Waals surface area contributed by atoms with E-state index < -0.39 is 28.6 Å². The number of hydrogen-bond donors (Lipinski definition) is 3. The molecule has 2 heterocycles. The molecule has 3 aromatic rings. The zero-order valence-corrected chi connectivity index (χ0v) is 18.6. The minimum absolute atomic E-state index is 0. The number of phenolic OH excluding ortho intramolecular Hbond substituents is 2. The average Bonchev–Trinajstić information content (AvgIpc) is 2.90. The van der Waals surface area contributed by atoms with Gasteiger partial charge in [-0.15, -0.1) is 12.4 Å². The van der Waals surface area contributed by atoms with E-state index in [-0.39, 0.29) is 40.4 Å². The first-order valence-corrected chi connectivity index (χ1v) is 9.82. The number of rotatable bonds is 2. The van der Waals surface area contributed by atoms with Crippen molar-refractivity contribution in [2.24, 2.45) is 0 Å². The Kier molecular flexibility index (Phi) is 5.90. The molecule has 2 aromatic carbocycles. The van der Waals surface area contributed by atoms with Crippen LogP contribution in [0.1, 0.15) is 24.8 Å². The molecule has 9 heteroatoms. The Hall–Kier alpha value is -2.13. The Morgan fingerprint density at radius 3 is 2.57 bits per heavy atom. The average molecular weight is 501 g/mol. The van der Waals surface area contributed by atoms with Gasteiger partial charge in [0.15, 0.2) is 5.43 Å². The Balaban J connectivity index is 0.00000256. The van der Waals surface area contributed by atoms with Gasteiger partial charge in [-0.3, -0.25) is 9.69 Å². The molecule has 0 bridgehead atoms. The summed E-state index contributed by atoms with van der Waals surface area (Å²) in [7, 11) is 1.76. The molecule has 1 aliphatic rings. The maximum Gasteiger partial charge on any atom is 0.197 e. The maximum atomic E-state index is 13.8. The van der Waals surface area contributed by atoms with E-state index in [2.05, 4.69) is 15.9 Å². The van der Waals surface area contributed by atoms with Gasteiger partial charge in [-0.1, -0.05) is 15.9 Å². The lowest BCUT2D eigenvalue weighted by atomic mass is 9.87. The van der Waals surface area contributed by atoms with Crippen LogP contribution in [0, 0.1) is 5.82 Å². The number of hydrogen-bond acceptors (Lipinski definition) is 6. The number of halogens is 3. The van der Waals surface area contributed by atoms with Crippen LogP contribution in [0.25, 0.3) is 22.3 Å². The van der Waals surface area contributed by atoms with Gasteiger partial charge in [-0.05, 0) is 38.6 Å². The van der Waals surface area contributed by atoms with Gasteiger partial charge in [-0.25, -0.2) is 4.39 Å². The zero-order chi connectivity index (χ0) is 21.1. The second kappa shape index (κ2) is 7.85. The van der Waals surface area contributed by atoms with Gasteiger partial charge in [0.25, 0.3) is 0 Å². The van der Waals surface area contributed by atoms with Gasteiger partial charge >= 0.3 is 0 Å². The fourth-order valence-corrected chi connectivity index (χ4v) is 4.43. The normalized spacial score (nSPS) is 21.7. The summed E-state index contributed by atoms with van der Waals surface area (Å²) < 4.78 is 20.3. The highest BCUT2D eigenvalue weighted by Crippen LogP contribution is 2.47. The van der Waals surface area contributed by atoms with E-state index in [0.29, 0.717) is 23.0 Å². The third kappa shape index (κ3) is 3.47. The third-order valence-corrected chi connectivity index (χ3v) is 6.42. The van der Waals surface area contributed by atoms with Crippen molar-refractivity contribution in [1.82, 2.24) is 4.90 Å². The van der Waals surface area contributed by atoms with E-state index in [1.165, 1.54) is 24.3 Å². The standard InChI is InChI=1S/C21H19BrFNO5.ClH/c1-21(28)12(5-6-24(21)2)18-14(25)8-15(26)19-16(27)9-17(29-20(18)19)11-7-10(23)3-4-13(11)22;/h3-4,7-9,12,25-26,28H,5-6H2,1-2H3;1H. The number of likely N-dealkylation sites (tertiary alicyclic amines) is 1. The summed E-state index contributed by atoms with van der Waals surface area (Å²) >= 11 is 3.32. The minimum Gasteiger partial charge on any atom is -0.507 e. The monoisotopic (exact) mass is 499 g/mol.